The molecule has 5 heteroatoms. The van der Waals surface area contributed by atoms with Gasteiger partial charge in [0.05, 0.1) is 18.8 Å². The Hall–Kier alpha value is -0.910. The van der Waals surface area contributed by atoms with Gasteiger partial charge in [-0.2, -0.15) is 0 Å². The Kier molecular flexibility index (Phi) is 4.93. The minimum absolute atomic E-state index is 0.196. The van der Waals surface area contributed by atoms with E-state index in [1.165, 1.54) is 19.4 Å². The van der Waals surface area contributed by atoms with E-state index in [2.05, 4.69) is 39.8 Å². The third-order valence-electron chi connectivity index (χ3n) is 4.77. The fourth-order valence-corrected chi connectivity index (χ4v) is 3.60. The summed E-state index contributed by atoms with van der Waals surface area (Å²) < 4.78 is 8.45. The molecule has 0 amide bonds. The van der Waals surface area contributed by atoms with Crippen molar-refractivity contribution in [3.05, 3.63) is 18.2 Å². The van der Waals surface area contributed by atoms with Crippen LogP contribution in [-0.4, -0.2) is 52.8 Å². The lowest BCUT2D eigenvalue weighted by atomic mass is 10.1. The highest BCUT2D eigenvalue weighted by molar-refractivity contribution is 5.04. The Morgan fingerprint density at radius 2 is 2.38 bits per heavy atom. The Balaban J connectivity index is 1.75. The molecule has 0 bridgehead atoms. The van der Waals surface area contributed by atoms with Gasteiger partial charge in [0.2, 0.25) is 0 Å². The summed E-state index contributed by atoms with van der Waals surface area (Å²) in [6, 6.07) is 0.848. The van der Waals surface area contributed by atoms with Gasteiger partial charge >= 0.3 is 0 Å². The van der Waals surface area contributed by atoms with Gasteiger partial charge in [0, 0.05) is 31.5 Å². The van der Waals surface area contributed by atoms with E-state index >= 15 is 0 Å². The summed E-state index contributed by atoms with van der Waals surface area (Å²) in [5.41, 5.74) is 0. The number of rotatable bonds is 6. The van der Waals surface area contributed by atoms with Crippen LogP contribution in [0.25, 0.3) is 0 Å². The molecule has 1 aromatic heterocycles. The van der Waals surface area contributed by atoms with E-state index < -0.39 is 0 Å². The van der Waals surface area contributed by atoms with Gasteiger partial charge < -0.3 is 14.6 Å². The Morgan fingerprint density at radius 1 is 1.48 bits per heavy atom. The first-order chi connectivity index (χ1) is 10.3. The van der Waals surface area contributed by atoms with Crippen LogP contribution in [0.2, 0.25) is 0 Å². The van der Waals surface area contributed by atoms with Crippen LogP contribution in [0.15, 0.2) is 12.4 Å². The third-order valence-corrected chi connectivity index (χ3v) is 4.77. The van der Waals surface area contributed by atoms with Crippen molar-refractivity contribution in [2.75, 3.05) is 26.2 Å². The molecule has 2 aliphatic rings. The SMILES string of the molecule is CCCNC(c1nccn1CC)C1CN2CCCC2CO1. The van der Waals surface area contributed by atoms with Crippen LogP contribution < -0.4 is 5.32 Å². The molecule has 2 fully saturated rings. The number of morpholine rings is 1. The highest BCUT2D eigenvalue weighted by atomic mass is 16.5. The number of hydrogen-bond acceptors (Lipinski definition) is 4. The summed E-state index contributed by atoms with van der Waals surface area (Å²) in [5, 5.41) is 3.66. The van der Waals surface area contributed by atoms with Gasteiger partial charge in [-0.1, -0.05) is 6.92 Å². The summed E-state index contributed by atoms with van der Waals surface area (Å²) in [5.74, 6) is 1.12. The lowest BCUT2D eigenvalue weighted by molar-refractivity contribution is -0.0669. The average molecular weight is 292 g/mol. The molecule has 0 spiro atoms. The standard InChI is InChI=1S/C16H28N4O/c1-3-7-17-15(16-18-8-10-19(16)4-2)14-11-20-9-5-6-13(20)12-21-14/h8,10,13-15,17H,3-7,9,11-12H2,1-2H3. The van der Waals surface area contributed by atoms with Gasteiger partial charge in [0.1, 0.15) is 5.82 Å². The molecular weight excluding hydrogens is 264 g/mol. The normalized spacial score (nSPS) is 27.7. The van der Waals surface area contributed by atoms with Crippen molar-refractivity contribution in [1.29, 1.82) is 0 Å². The summed E-state index contributed by atoms with van der Waals surface area (Å²) in [4.78, 5) is 7.21. The number of ether oxygens (including phenoxy) is 1. The molecule has 3 unspecified atom stereocenters. The summed E-state index contributed by atoms with van der Waals surface area (Å²) in [7, 11) is 0. The number of imidazole rings is 1. The van der Waals surface area contributed by atoms with Gasteiger partial charge in [-0.15, -0.1) is 0 Å². The zero-order chi connectivity index (χ0) is 14.7. The first-order valence-corrected chi connectivity index (χ1v) is 8.43. The topological polar surface area (TPSA) is 42.3 Å². The van der Waals surface area contributed by atoms with Crippen molar-refractivity contribution in [1.82, 2.24) is 19.8 Å². The van der Waals surface area contributed by atoms with Crippen molar-refractivity contribution < 1.29 is 4.74 Å². The second kappa shape index (κ2) is 6.90. The largest absolute Gasteiger partial charge is 0.373 e. The molecule has 3 heterocycles. The number of fused-ring (bicyclic) bond motifs is 1. The number of nitrogens with zero attached hydrogens (tertiary/aromatic N) is 3. The second-order valence-electron chi connectivity index (χ2n) is 6.17. The van der Waals surface area contributed by atoms with E-state index in [4.69, 9.17) is 4.74 Å². The van der Waals surface area contributed by atoms with Gasteiger partial charge in [0.25, 0.3) is 0 Å². The summed E-state index contributed by atoms with van der Waals surface area (Å²) >= 11 is 0. The van der Waals surface area contributed by atoms with E-state index in [-0.39, 0.29) is 12.1 Å². The van der Waals surface area contributed by atoms with Crippen molar-refractivity contribution in [3.63, 3.8) is 0 Å². The Bertz CT molecular complexity index is 447. The van der Waals surface area contributed by atoms with E-state index in [1.54, 1.807) is 0 Å². The van der Waals surface area contributed by atoms with Crippen molar-refractivity contribution in [2.24, 2.45) is 0 Å². The van der Waals surface area contributed by atoms with Crippen LogP contribution in [-0.2, 0) is 11.3 Å². The van der Waals surface area contributed by atoms with Crippen LogP contribution >= 0.6 is 0 Å². The minimum Gasteiger partial charge on any atom is -0.373 e. The predicted molar refractivity (Wildman–Crippen MR) is 83.3 cm³/mol. The third kappa shape index (κ3) is 3.15. The molecule has 21 heavy (non-hydrogen) atoms. The predicted octanol–water partition coefficient (Wildman–Crippen LogP) is 1.81. The molecule has 0 aliphatic carbocycles. The second-order valence-corrected chi connectivity index (χ2v) is 6.17. The number of hydrogen-bond donors (Lipinski definition) is 1. The van der Waals surface area contributed by atoms with E-state index in [9.17, 15) is 0 Å². The van der Waals surface area contributed by atoms with Crippen LogP contribution in [0, 0.1) is 0 Å². The smallest absolute Gasteiger partial charge is 0.128 e. The van der Waals surface area contributed by atoms with Crippen LogP contribution in [0.4, 0.5) is 0 Å². The van der Waals surface area contributed by atoms with Crippen LogP contribution in [0.3, 0.4) is 0 Å². The highest BCUT2D eigenvalue weighted by Gasteiger charge is 2.37. The molecule has 0 radical (unpaired) electrons. The van der Waals surface area contributed by atoms with Gasteiger partial charge in [0.15, 0.2) is 0 Å². The fraction of sp³-hybridized carbons (Fsp3) is 0.812. The van der Waals surface area contributed by atoms with Crippen molar-refractivity contribution >= 4 is 0 Å². The monoisotopic (exact) mass is 292 g/mol. The maximum Gasteiger partial charge on any atom is 0.128 e. The maximum atomic E-state index is 6.22. The highest BCUT2D eigenvalue weighted by Crippen LogP contribution is 2.28. The van der Waals surface area contributed by atoms with Crippen molar-refractivity contribution in [3.8, 4) is 0 Å². The molecule has 2 saturated heterocycles. The molecule has 0 aromatic carbocycles. The molecule has 2 aliphatic heterocycles. The Labute approximate surface area is 127 Å². The minimum atomic E-state index is 0.196. The average Bonchev–Trinajstić information content (AvgIpc) is 3.15. The van der Waals surface area contributed by atoms with E-state index in [0.29, 0.717) is 6.04 Å². The molecule has 118 valence electrons. The fourth-order valence-electron chi connectivity index (χ4n) is 3.60. The maximum absolute atomic E-state index is 6.22. The molecule has 3 rings (SSSR count). The summed E-state index contributed by atoms with van der Waals surface area (Å²) in [6.07, 6.45) is 7.92. The molecule has 1 N–H and O–H groups in total. The molecular formula is C16H28N4O. The molecule has 0 saturated carbocycles. The first-order valence-electron chi connectivity index (χ1n) is 8.43. The number of nitrogens with one attached hydrogen (secondary N) is 1. The van der Waals surface area contributed by atoms with Gasteiger partial charge in [-0.25, -0.2) is 4.98 Å². The quantitative estimate of drug-likeness (QED) is 0.868. The zero-order valence-electron chi connectivity index (χ0n) is 13.3. The number of aromatic nitrogens is 2. The van der Waals surface area contributed by atoms with Crippen LogP contribution in [0.1, 0.15) is 45.0 Å². The Morgan fingerprint density at radius 3 is 3.19 bits per heavy atom. The van der Waals surface area contributed by atoms with Gasteiger partial charge in [-0.3, -0.25) is 4.90 Å². The molecule has 3 atom stereocenters. The van der Waals surface area contributed by atoms with E-state index in [1.807, 2.05) is 6.20 Å². The van der Waals surface area contributed by atoms with Gasteiger partial charge in [-0.05, 0) is 39.3 Å². The lowest BCUT2D eigenvalue weighted by Gasteiger charge is -2.39. The van der Waals surface area contributed by atoms with Crippen molar-refractivity contribution in [2.45, 2.75) is 57.8 Å². The lowest BCUT2D eigenvalue weighted by Crippen LogP contribution is -2.51. The zero-order valence-corrected chi connectivity index (χ0v) is 13.3. The van der Waals surface area contributed by atoms with Crippen LogP contribution in [0.5, 0.6) is 0 Å². The molecule has 1 aromatic rings. The summed E-state index contributed by atoms with van der Waals surface area (Å²) in [6.45, 7) is 9.47. The van der Waals surface area contributed by atoms with E-state index in [0.717, 1.165) is 38.5 Å². The molecule has 5 nitrogen and oxygen atoms in total. The number of aryl methyl sites for hydroxylation is 1. The first kappa shape index (κ1) is 15.0.